The van der Waals surface area contributed by atoms with E-state index in [0.717, 1.165) is 39.3 Å². The summed E-state index contributed by atoms with van der Waals surface area (Å²) in [4.78, 5) is 9.43. The zero-order chi connectivity index (χ0) is 25.3. The molecule has 182 valence electrons. The van der Waals surface area contributed by atoms with E-state index in [2.05, 4.69) is 108 Å². The lowest BCUT2D eigenvalue weighted by Crippen LogP contribution is -2.31. The highest BCUT2D eigenvalue weighted by Crippen LogP contribution is 2.28. The van der Waals surface area contributed by atoms with Crippen molar-refractivity contribution >= 4 is 22.2 Å². The minimum Gasteiger partial charge on any atom is -0.229 e. The molecule has 0 spiro atoms. The first kappa shape index (κ1) is 21.8. The Labute approximate surface area is 218 Å². The monoisotopic (exact) mass is 493 g/mol. The number of para-hydroxylation sites is 4. The predicted octanol–water partition coefficient (Wildman–Crippen LogP) is 6.47. The van der Waals surface area contributed by atoms with Crippen molar-refractivity contribution < 1.29 is 0 Å². The molecule has 0 N–H and O–H groups in total. The van der Waals surface area contributed by atoms with Crippen molar-refractivity contribution in [1.29, 1.82) is 0 Å². The van der Waals surface area contributed by atoms with Crippen LogP contribution in [0.1, 0.15) is 0 Å². The molecular formula is C31H23N7. The maximum Gasteiger partial charge on any atom is 0.184 e. The Morgan fingerprint density at radius 1 is 0.474 bits per heavy atom. The van der Waals surface area contributed by atoms with Gasteiger partial charge < -0.3 is 0 Å². The molecule has 0 aliphatic heterocycles. The van der Waals surface area contributed by atoms with E-state index in [4.69, 9.17) is 4.98 Å². The van der Waals surface area contributed by atoms with Crippen LogP contribution in [0.3, 0.4) is 0 Å². The number of benzene rings is 4. The van der Waals surface area contributed by atoms with E-state index in [9.17, 15) is 0 Å². The van der Waals surface area contributed by atoms with Crippen molar-refractivity contribution in [3.05, 3.63) is 140 Å². The van der Waals surface area contributed by atoms with Gasteiger partial charge in [0, 0.05) is 5.39 Å². The predicted molar refractivity (Wildman–Crippen MR) is 150 cm³/mol. The van der Waals surface area contributed by atoms with Crippen LogP contribution in [0.15, 0.2) is 140 Å². The van der Waals surface area contributed by atoms with Gasteiger partial charge >= 0.3 is 0 Å². The standard InChI is InChI=1S/C31H23N7/c1-5-13-25(14-6-1)35-29-23-24-21-22-32-34-30(24)33-31(29)36(26-15-7-2-8-16-26)38(28-19-11-4-12-20-28)37(35)27-17-9-3-10-18-27/h1-23H. The topological polar surface area (TPSA) is 58.4 Å². The number of aromatic nitrogens is 7. The van der Waals surface area contributed by atoms with Crippen LogP contribution < -0.4 is 0 Å². The molecule has 3 aromatic heterocycles. The zero-order valence-corrected chi connectivity index (χ0v) is 20.4. The molecule has 0 atom stereocenters. The molecule has 0 aliphatic carbocycles. The second kappa shape index (κ2) is 9.22. The van der Waals surface area contributed by atoms with Gasteiger partial charge in [-0.3, -0.25) is 0 Å². The first-order valence-corrected chi connectivity index (χ1v) is 12.4. The van der Waals surface area contributed by atoms with Gasteiger partial charge in [0.25, 0.3) is 0 Å². The molecule has 7 nitrogen and oxygen atoms in total. The first-order valence-electron chi connectivity index (χ1n) is 12.4. The molecule has 3 heterocycles. The number of hydrogen-bond donors (Lipinski definition) is 0. The van der Waals surface area contributed by atoms with Crippen LogP contribution >= 0.6 is 0 Å². The Bertz CT molecular complexity index is 1750. The summed E-state index contributed by atoms with van der Waals surface area (Å²) < 4.78 is 4.33. The molecule has 38 heavy (non-hydrogen) atoms. The molecule has 0 bridgehead atoms. The third kappa shape index (κ3) is 3.65. The zero-order valence-electron chi connectivity index (χ0n) is 20.4. The van der Waals surface area contributed by atoms with E-state index >= 15 is 0 Å². The minimum atomic E-state index is 0.585. The molecule has 4 aromatic carbocycles. The van der Waals surface area contributed by atoms with Gasteiger partial charge in [0.1, 0.15) is 5.52 Å². The van der Waals surface area contributed by atoms with Crippen molar-refractivity contribution in [2.24, 2.45) is 0 Å². The van der Waals surface area contributed by atoms with Crippen LogP contribution in [0.25, 0.3) is 44.9 Å². The van der Waals surface area contributed by atoms with Crippen molar-refractivity contribution in [3.63, 3.8) is 0 Å². The van der Waals surface area contributed by atoms with E-state index in [1.165, 1.54) is 0 Å². The second-order valence-electron chi connectivity index (χ2n) is 8.82. The fourth-order valence-corrected chi connectivity index (χ4v) is 4.77. The van der Waals surface area contributed by atoms with E-state index in [1.54, 1.807) is 6.20 Å². The highest BCUT2D eigenvalue weighted by atomic mass is 15.7. The Morgan fingerprint density at radius 2 is 0.947 bits per heavy atom. The number of fused-ring (bicyclic) bond motifs is 2. The summed E-state index contributed by atoms with van der Waals surface area (Å²) in [7, 11) is 0. The summed E-state index contributed by atoms with van der Waals surface area (Å²) in [5, 5.41) is 9.37. The summed E-state index contributed by atoms with van der Waals surface area (Å²) in [5.74, 6) is 0. The molecule has 0 aliphatic rings. The largest absolute Gasteiger partial charge is 0.229 e. The van der Waals surface area contributed by atoms with Crippen LogP contribution in [0, 0.1) is 0 Å². The van der Waals surface area contributed by atoms with Gasteiger partial charge in [0.05, 0.1) is 28.9 Å². The Hall–Kier alpha value is -5.43. The van der Waals surface area contributed by atoms with E-state index in [0.29, 0.717) is 5.65 Å². The fraction of sp³-hybridized carbons (Fsp3) is 0. The van der Waals surface area contributed by atoms with Crippen molar-refractivity contribution in [1.82, 2.24) is 34.1 Å². The van der Waals surface area contributed by atoms with Crippen LogP contribution in [-0.4, -0.2) is 34.1 Å². The highest BCUT2D eigenvalue weighted by molar-refractivity contribution is 5.88. The van der Waals surface area contributed by atoms with Gasteiger partial charge in [0.2, 0.25) is 0 Å². The maximum atomic E-state index is 5.10. The highest BCUT2D eigenvalue weighted by Gasteiger charge is 2.20. The maximum absolute atomic E-state index is 5.10. The molecular weight excluding hydrogens is 470 g/mol. The van der Waals surface area contributed by atoms with Crippen molar-refractivity contribution in [2.75, 3.05) is 0 Å². The van der Waals surface area contributed by atoms with Crippen LogP contribution in [0.4, 0.5) is 0 Å². The third-order valence-corrected chi connectivity index (χ3v) is 6.43. The van der Waals surface area contributed by atoms with Crippen LogP contribution in [0.5, 0.6) is 0 Å². The molecule has 0 radical (unpaired) electrons. The van der Waals surface area contributed by atoms with Crippen LogP contribution in [-0.2, 0) is 0 Å². The number of pyridine rings is 1. The van der Waals surface area contributed by atoms with Gasteiger partial charge in [0.15, 0.2) is 11.3 Å². The van der Waals surface area contributed by atoms with Gasteiger partial charge in [-0.15, -0.1) is 5.10 Å². The second-order valence-corrected chi connectivity index (χ2v) is 8.82. The van der Waals surface area contributed by atoms with Gasteiger partial charge in [-0.2, -0.15) is 14.7 Å². The Kier molecular flexibility index (Phi) is 5.29. The molecule has 7 aromatic rings. The van der Waals surface area contributed by atoms with Crippen molar-refractivity contribution in [2.45, 2.75) is 0 Å². The summed E-state index contributed by atoms with van der Waals surface area (Å²) in [6, 6.07) is 45.4. The fourth-order valence-electron chi connectivity index (χ4n) is 4.77. The molecule has 0 fully saturated rings. The lowest BCUT2D eigenvalue weighted by molar-refractivity contribution is 0.466. The van der Waals surface area contributed by atoms with Gasteiger partial charge in [-0.25, -0.2) is 14.3 Å². The van der Waals surface area contributed by atoms with Gasteiger partial charge in [-0.1, -0.05) is 72.8 Å². The SMILES string of the molecule is c1ccc(-n2c3cc4ccnnc4nc3n(-c3ccccc3)n(-c3ccccc3)n2-c2ccccc2)cc1. The lowest BCUT2D eigenvalue weighted by atomic mass is 10.2. The number of nitrogens with zero attached hydrogens (tertiary/aromatic N) is 7. The number of hydrogen-bond acceptors (Lipinski definition) is 3. The van der Waals surface area contributed by atoms with E-state index in [1.807, 2.05) is 54.6 Å². The molecule has 0 unspecified atom stereocenters. The third-order valence-electron chi connectivity index (χ3n) is 6.43. The summed E-state index contributed by atoms with van der Waals surface area (Å²) in [6.07, 6.45) is 1.70. The Balaban J connectivity index is 1.79. The van der Waals surface area contributed by atoms with E-state index < -0.39 is 0 Å². The summed E-state index contributed by atoms with van der Waals surface area (Å²) in [5.41, 5.74) is 6.14. The quantitative estimate of drug-likeness (QED) is 0.264. The average molecular weight is 494 g/mol. The summed E-state index contributed by atoms with van der Waals surface area (Å²) >= 11 is 0. The molecule has 0 saturated heterocycles. The van der Waals surface area contributed by atoms with Gasteiger partial charge in [-0.05, 0) is 60.7 Å². The Morgan fingerprint density at radius 3 is 1.50 bits per heavy atom. The normalized spacial score (nSPS) is 11.2. The average Bonchev–Trinajstić information content (AvgIpc) is 3.00. The smallest absolute Gasteiger partial charge is 0.184 e. The first-order chi connectivity index (χ1) is 18.9. The van der Waals surface area contributed by atoms with Crippen molar-refractivity contribution in [3.8, 4) is 22.7 Å². The van der Waals surface area contributed by atoms with E-state index in [-0.39, 0.29) is 0 Å². The molecule has 7 heteroatoms. The number of rotatable bonds is 4. The van der Waals surface area contributed by atoms with Crippen LogP contribution in [0.2, 0.25) is 0 Å². The molecule has 0 saturated carbocycles. The minimum absolute atomic E-state index is 0.585. The molecule has 7 rings (SSSR count). The lowest BCUT2D eigenvalue weighted by Gasteiger charge is -2.30. The molecule has 0 amide bonds. The summed E-state index contributed by atoms with van der Waals surface area (Å²) in [6.45, 7) is 0.